The highest BCUT2D eigenvalue weighted by molar-refractivity contribution is 6.90. The highest BCUT2D eigenvalue weighted by atomic mass is 28.3. The third-order valence-electron chi connectivity index (χ3n) is 15.7. The third kappa shape index (κ3) is 6.62. The maximum absolute atomic E-state index is 18.0. The number of carbonyl (C=O) groups excluding carboxylic acids is 1. The van der Waals surface area contributed by atoms with E-state index < -0.39 is 31.4 Å². The molecule has 1 unspecified atom stereocenters. The first-order valence-corrected chi connectivity index (χ1v) is 25.7. The molecular weight excluding hydrogens is 827 g/mol. The van der Waals surface area contributed by atoms with E-state index >= 15 is 8.78 Å². The minimum atomic E-state index is -2.29. The minimum Gasteiger partial charge on any atom is -0.472 e. The van der Waals surface area contributed by atoms with Crippen LogP contribution in [0, 0.1) is 34.9 Å². The molecule has 7 atom stereocenters. The lowest BCUT2D eigenvalue weighted by molar-refractivity contribution is 0.000931. The summed E-state index contributed by atoms with van der Waals surface area (Å²) < 4.78 is 53.9. The Morgan fingerprint density at radius 3 is 2.48 bits per heavy atom. The van der Waals surface area contributed by atoms with Gasteiger partial charge in [-0.3, -0.25) is 9.80 Å². The van der Waals surface area contributed by atoms with Gasteiger partial charge in [0.2, 0.25) is 5.88 Å². The number of rotatable bonds is 7. The molecular formula is C51H62F2N6O4Si. The lowest BCUT2D eigenvalue weighted by Gasteiger charge is -2.48. The predicted molar refractivity (Wildman–Crippen MR) is 249 cm³/mol. The van der Waals surface area contributed by atoms with Crippen LogP contribution < -0.4 is 14.4 Å². The Morgan fingerprint density at radius 2 is 1.77 bits per heavy atom. The van der Waals surface area contributed by atoms with Crippen molar-refractivity contribution < 1.29 is 27.8 Å². The number of carbonyl (C=O) groups is 1. The first-order valence-electron chi connectivity index (χ1n) is 23.5. The number of anilines is 1. The number of piperidine rings is 1. The second-order valence-electron chi connectivity index (χ2n) is 21.6. The molecule has 6 aliphatic rings. The summed E-state index contributed by atoms with van der Waals surface area (Å²) in [6, 6.07) is 7.96. The Bertz CT molecular complexity index is 2650. The molecule has 10 nitrogen and oxygen atoms in total. The second-order valence-corrected chi connectivity index (χ2v) is 27.1. The van der Waals surface area contributed by atoms with Crippen molar-refractivity contribution >= 4 is 41.7 Å². The van der Waals surface area contributed by atoms with Crippen molar-refractivity contribution in [2.24, 2.45) is 11.8 Å². The first-order chi connectivity index (χ1) is 30.3. The molecule has 7 heterocycles. The molecule has 1 amide bonds. The zero-order valence-electron chi connectivity index (χ0n) is 39.0. The van der Waals surface area contributed by atoms with Crippen molar-refractivity contribution in [2.45, 2.75) is 147 Å². The molecule has 10 rings (SSSR count). The van der Waals surface area contributed by atoms with Gasteiger partial charge >= 0.3 is 12.1 Å². The molecule has 1 aliphatic carbocycles. The number of amides is 1. The zero-order valence-corrected chi connectivity index (χ0v) is 40.0. The van der Waals surface area contributed by atoms with Gasteiger partial charge < -0.3 is 19.1 Å². The number of pyridine rings is 1. The van der Waals surface area contributed by atoms with Gasteiger partial charge in [-0.2, -0.15) is 9.97 Å². The summed E-state index contributed by atoms with van der Waals surface area (Å²) in [5.41, 5.74) is 5.67. The van der Waals surface area contributed by atoms with E-state index in [1.54, 1.807) is 12.1 Å². The molecule has 0 radical (unpaired) electrons. The van der Waals surface area contributed by atoms with E-state index in [2.05, 4.69) is 69.4 Å². The Morgan fingerprint density at radius 1 is 1.02 bits per heavy atom. The molecule has 2 aromatic carbocycles. The number of halogens is 2. The van der Waals surface area contributed by atoms with E-state index in [0.29, 0.717) is 63.8 Å². The van der Waals surface area contributed by atoms with Crippen LogP contribution in [0.15, 0.2) is 42.5 Å². The normalized spacial score (nSPS) is 27.1. The van der Waals surface area contributed by atoms with Crippen LogP contribution in [-0.4, -0.2) is 101 Å². The molecule has 2 aromatic heterocycles. The molecule has 4 aromatic rings. The van der Waals surface area contributed by atoms with Crippen LogP contribution in [0.4, 0.5) is 19.4 Å². The number of nitrogens with zero attached hydrogens (tertiary/aromatic N) is 6. The number of ether oxygens (including phenoxy) is 3. The van der Waals surface area contributed by atoms with E-state index in [1.165, 1.54) is 18.1 Å². The summed E-state index contributed by atoms with van der Waals surface area (Å²) in [6.07, 6.45) is 2.66. The van der Waals surface area contributed by atoms with Crippen LogP contribution in [0.5, 0.6) is 11.9 Å². The highest BCUT2D eigenvalue weighted by Crippen LogP contribution is 2.60. The Hall–Kier alpha value is -4.80. The Labute approximate surface area is 377 Å². The van der Waals surface area contributed by atoms with Crippen LogP contribution in [0.1, 0.15) is 100 Å². The number of benzene rings is 2. The standard InChI is InChI=1S/C51H62F2N6O4Si/c1-27(2)64(28(3)4,29(5)6)20-19-35-38(52)17-15-32-13-12-14-36(40(32)35)43-42(53)44-41-46(56-48(55-44)61-26-51-22-30(7)23-57(51)24-33-21-37(33)51)58-25-34-16-18-39(45(58)31(8)62-47(41)54-43)59(34)49(60)63-50(9,10)11/h12-15,17,27-29,31,33-34,37,39,45H,7,16,18,21-26H2,1-6,8-11H3/t31-,33+,34+,37+,39-,45+,51?/m0/s1. The molecule has 13 heteroatoms. The van der Waals surface area contributed by atoms with Crippen molar-refractivity contribution in [3.05, 3.63) is 59.7 Å². The topological polar surface area (TPSA) is 93.2 Å². The van der Waals surface area contributed by atoms with Gasteiger partial charge in [0.15, 0.2) is 5.82 Å². The van der Waals surface area contributed by atoms with E-state index in [9.17, 15) is 4.79 Å². The fourth-order valence-electron chi connectivity index (χ4n) is 13.0. The van der Waals surface area contributed by atoms with Crippen molar-refractivity contribution in [3.8, 4) is 34.6 Å². The van der Waals surface area contributed by atoms with Crippen LogP contribution in [0.2, 0.25) is 16.6 Å². The molecule has 0 spiro atoms. The molecule has 0 N–H and O–H groups in total. The zero-order chi connectivity index (χ0) is 45.4. The monoisotopic (exact) mass is 888 g/mol. The number of hydrogen-bond acceptors (Lipinski definition) is 9. The van der Waals surface area contributed by atoms with Crippen LogP contribution in [0.3, 0.4) is 0 Å². The van der Waals surface area contributed by atoms with Crippen molar-refractivity contribution in [1.82, 2.24) is 24.8 Å². The molecule has 2 bridgehead atoms. The van der Waals surface area contributed by atoms with Gasteiger partial charge in [-0.05, 0) is 93.3 Å². The maximum atomic E-state index is 18.0. The summed E-state index contributed by atoms with van der Waals surface area (Å²) in [6.45, 7) is 28.0. The van der Waals surface area contributed by atoms with E-state index in [0.717, 1.165) is 37.7 Å². The van der Waals surface area contributed by atoms with E-state index in [-0.39, 0.29) is 58.4 Å². The third-order valence-corrected chi connectivity index (χ3v) is 22.0. The Balaban J connectivity index is 1.15. The largest absolute Gasteiger partial charge is 0.472 e. The van der Waals surface area contributed by atoms with Crippen LogP contribution >= 0.6 is 0 Å². The van der Waals surface area contributed by atoms with Gasteiger partial charge in [0.25, 0.3) is 0 Å². The van der Waals surface area contributed by atoms with Gasteiger partial charge in [-0.25, -0.2) is 18.6 Å². The Kier molecular flexibility index (Phi) is 10.2. The molecule has 64 heavy (non-hydrogen) atoms. The SMILES string of the molecule is C=C1CN2C[C@H]3C[C@H]3C2(COc2nc3c4c(nc(-c5cccc6ccc(F)c(C#C[Si](C(C)C)(C(C)C)C(C)C)c56)c(F)c4n2)O[C@@H](C)[C@@H]2[C@@H]4CC[C@H](CN32)N4C(=O)OC(C)(C)C)C1. The quantitative estimate of drug-likeness (QED) is 0.102. The number of piperazine rings is 1. The molecule has 4 saturated heterocycles. The molecule has 1 saturated carbocycles. The average molecular weight is 889 g/mol. The minimum absolute atomic E-state index is 0.0163. The number of fused-ring (bicyclic) bond motifs is 9. The molecule has 338 valence electrons. The smallest absolute Gasteiger partial charge is 0.410 e. The van der Waals surface area contributed by atoms with Crippen LogP contribution in [0.25, 0.3) is 32.9 Å². The van der Waals surface area contributed by atoms with Crippen molar-refractivity contribution in [3.63, 3.8) is 0 Å². The second kappa shape index (κ2) is 15.1. The van der Waals surface area contributed by atoms with Crippen LogP contribution in [-0.2, 0) is 4.74 Å². The summed E-state index contributed by atoms with van der Waals surface area (Å²) in [7, 11) is -2.29. The molecule has 5 aliphatic heterocycles. The van der Waals surface area contributed by atoms with Gasteiger partial charge in [-0.1, -0.05) is 83.9 Å². The summed E-state index contributed by atoms with van der Waals surface area (Å²) >= 11 is 0. The van der Waals surface area contributed by atoms with Gasteiger partial charge in [-0.15, -0.1) is 5.54 Å². The molecule has 5 fully saturated rings. The lowest BCUT2D eigenvalue weighted by Crippen LogP contribution is -2.65. The van der Waals surface area contributed by atoms with Crippen molar-refractivity contribution in [2.75, 3.05) is 31.1 Å². The van der Waals surface area contributed by atoms with Gasteiger partial charge in [0, 0.05) is 30.6 Å². The lowest BCUT2D eigenvalue weighted by atomic mass is 9.91. The summed E-state index contributed by atoms with van der Waals surface area (Å²) in [4.78, 5) is 35.5. The maximum Gasteiger partial charge on any atom is 0.410 e. The van der Waals surface area contributed by atoms with E-state index in [4.69, 9.17) is 29.2 Å². The fraction of sp³-hybridized carbons (Fsp3) is 0.569. The summed E-state index contributed by atoms with van der Waals surface area (Å²) in [5, 5.41) is 1.55. The first kappa shape index (κ1) is 43.1. The summed E-state index contributed by atoms with van der Waals surface area (Å²) in [5.74, 6) is 4.05. The number of aromatic nitrogens is 3. The number of hydrogen-bond donors (Lipinski definition) is 0. The average Bonchev–Trinajstić information content (AvgIpc) is 3.74. The predicted octanol–water partition coefficient (Wildman–Crippen LogP) is 10.5. The van der Waals surface area contributed by atoms with Crippen molar-refractivity contribution in [1.29, 1.82) is 0 Å². The van der Waals surface area contributed by atoms with Gasteiger partial charge in [0.1, 0.15) is 54.6 Å². The highest BCUT2D eigenvalue weighted by Gasteiger charge is 2.64. The van der Waals surface area contributed by atoms with Gasteiger partial charge in [0.05, 0.1) is 29.2 Å². The van der Waals surface area contributed by atoms with E-state index in [1.807, 2.05) is 44.7 Å². The fourth-order valence-corrected chi connectivity index (χ4v) is 18.2.